The van der Waals surface area contributed by atoms with Crippen LogP contribution in [0.4, 0.5) is 0 Å². The van der Waals surface area contributed by atoms with Crippen molar-refractivity contribution in [2.24, 2.45) is 4.99 Å². The molecule has 0 saturated carbocycles. The molecule has 0 fully saturated rings. The summed E-state index contributed by atoms with van der Waals surface area (Å²) in [5.74, 6) is 0. The highest BCUT2D eigenvalue weighted by atomic mass is 15.1. The van der Waals surface area contributed by atoms with Gasteiger partial charge in [0.15, 0.2) is 0 Å². The maximum Gasteiger partial charge on any atom is 0.0557 e. The molecule has 62 valence electrons. The zero-order chi connectivity index (χ0) is 8.10. The van der Waals surface area contributed by atoms with Gasteiger partial charge >= 0.3 is 0 Å². The maximum absolute atomic E-state index is 4.27. The summed E-state index contributed by atoms with van der Waals surface area (Å²) in [7, 11) is 0. The van der Waals surface area contributed by atoms with Crippen LogP contribution < -0.4 is 0 Å². The van der Waals surface area contributed by atoms with Crippen molar-refractivity contribution in [1.82, 2.24) is 4.90 Å². The summed E-state index contributed by atoms with van der Waals surface area (Å²) in [5, 5.41) is 0. The smallest absolute Gasteiger partial charge is 0.0557 e. The van der Waals surface area contributed by atoms with E-state index in [-0.39, 0.29) is 0 Å². The molecule has 0 bridgehead atoms. The summed E-state index contributed by atoms with van der Waals surface area (Å²) >= 11 is 0. The number of rotatable bonds is 3. The molecule has 0 atom stereocenters. The topological polar surface area (TPSA) is 15.6 Å². The second-order valence-electron chi connectivity index (χ2n) is 2.82. The lowest BCUT2D eigenvalue weighted by atomic mass is 10.2. The lowest BCUT2D eigenvalue weighted by molar-refractivity contribution is 0.418. The third-order valence-electron chi connectivity index (χ3n) is 1.84. The quantitative estimate of drug-likeness (QED) is 0.604. The van der Waals surface area contributed by atoms with Gasteiger partial charge in [-0.25, -0.2) is 0 Å². The molecule has 0 aliphatic carbocycles. The molecule has 1 heterocycles. The second kappa shape index (κ2) is 4.16. The van der Waals surface area contributed by atoms with Crippen molar-refractivity contribution < 1.29 is 0 Å². The van der Waals surface area contributed by atoms with Gasteiger partial charge in [-0.1, -0.05) is 13.8 Å². The summed E-state index contributed by atoms with van der Waals surface area (Å²) < 4.78 is 0. The highest BCUT2D eigenvalue weighted by Gasteiger charge is 2.04. The van der Waals surface area contributed by atoms with Gasteiger partial charge in [0.2, 0.25) is 0 Å². The van der Waals surface area contributed by atoms with Gasteiger partial charge in [-0.05, 0) is 12.8 Å². The van der Waals surface area contributed by atoms with E-state index in [2.05, 4.69) is 29.9 Å². The highest BCUT2D eigenvalue weighted by molar-refractivity contribution is 5.87. The molecule has 2 nitrogen and oxygen atoms in total. The van der Waals surface area contributed by atoms with Gasteiger partial charge < -0.3 is 4.90 Å². The molecule has 0 amide bonds. The Morgan fingerprint density at radius 1 is 1.55 bits per heavy atom. The van der Waals surface area contributed by atoms with E-state index in [1.165, 1.54) is 12.1 Å². The molecule has 0 saturated heterocycles. The van der Waals surface area contributed by atoms with Gasteiger partial charge in [-0.3, -0.25) is 4.99 Å². The van der Waals surface area contributed by atoms with Crippen molar-refractivity contribution in [1.29, 1.82) is 0 Å². The highest BCUT2D eigenvalue weighted by Crippen LogP contribution is 2.02. The Bertz CT molecular complexity index is 170. The van der Waals surface area contributed by atoms with Gasteiger partial charge in [-0.15, -0.1) is 0 Å². The lowest BCUT2D eigenvalue weighted by Gasteiger charge is -2.22. The van der Waals surface area contributed by atoms with Crippen molar-refractivity contribution >= 4 is 5.71 Å². The predicted octanol–water partition coefficient (Wildman–Crippen LogP) is 2.03. The molecule has 0 radical (unpaired) electrons. The SMILES string of the molecule is CCCN1C=CN=C(CC)C1. The third kappa shape index (κ3) is 2.37. The van der Waals surface area contributed by atoms with Crippen LogP contribution in [0.2, 0.25) is 0 Å². The molecule has 2 heteroatoms. The minimum atomic E-state index is 1.03. The van der Waals surface area contributed by atoms with E-state index in [0.717, 1.165) is 19.5 Å². The second-order valence-corrected chi connectivity index (χ2v) is 2.82. The van der Waals surface area contributed by atoms with E-state index in [1.807, 2.05) is 6.20 Å². The molecule has 0 aromatic carbocycles. The fraction of sp³-hybridized carbons (Fsp3) is 0.667. The standard InChI is InChI=1S/C9H16N2/c1-3-6-11-7-5-10-9(4-2)8-11/h5,7H,3-4,6,8H2,1-2H3. The van der Waals surface area contributed by atoms with Crippen molar-refractivity contribution in [3.8, 4) is 0 Å². The van der Waals surface area contributed by atoms with E-state index in [9.17, 15) is 0 Å². The van der Waals surface area contributed by atoms with Gasteiger partial charge in [0.05, 0.1) is 6.54 Å². The molecule has 0 aromatic rings. The fourth-order valence-corrected chi connectivity index (χ4v) is 1.20. The molecule has 11 heavy (non-hydrogen) atoms. The molecule has 0 N–H and O–H groups in total. The Labute approximate surface area is 68.6 Å². The van der Waals surface area contributed by atoms with E-state index >= 15 is 0 Å². The van der Waals surface area contributed by atoms with E-state index in [1.54, 1.807) is 0 Å². The van der Waals surface area contributed by atoms with Crippen LogP contribution in [0.5, 0.6) is 0 Å². The molecule has 0 unspecified atom stereocenters. The average Bonchev–Trinajstić information content (AvgIpc) is 2.06. The van der Waals surface area contributed by atoms with Crippen LogP contribution in [0.25, 0.3) is 0 Å². The van der Waals surface area contributed by atoms with Crippen LogP contribution >= 0.6 is 0 Å². The molecule has 0 spiro atoms. The molecule has 0 aromatic heterocycles. The monoisotopic (exact) mass is 152 g/mol. The Kier molecular flexibility index (Phi) is 3.14. The normalized spacial score (nSPS) is 16.9. The molecular weight excluding hydrogens is 136 g/mol. The lowest BCUT2D eigenvalue weighted by Crippen LogP contribution is -2.27. The number of hydrogen-bond acceptors (Lipinski definition) is 2. The number of hydrogen-bond donors (Lipinski definition) is 0. The molecule has 1 rings (SSSR count). The van der Waals surface area contributed by atoms with Gasteiger partial charge in [-0.2, -0.15) is 0 Å². The van der Waals surface area contributed by atoms with Crippen LogP contribution in [0.1, 0.15) is 26.7 Å². The van der Waals surface area contributed by atoms with E-state index in [4.69, 9.17) is 0 Å². The van der Waals surface area contributed by atoms with Crippen LogP contribution in [0, 0.1) is 0 Å². The van der Waals surface area contributed by atoms with Gasteiger partial charge in [0.1, 0.15) is 0 Å². The maximum atomic E-state index is 4.27. The summed E-state index contributed by atoms with van der Waals surface area (Å²) in [5.41, 5.74) is 1.29. The first-order valence-electron chi connectivity index (χ1n) is 4.33. The first-order valence-corrected chi connectivity index (χ1v) is 4.33. The first kappa shape index (κ1) is 8.31. The van der Waals surface area contributed by atoms with Crippen molar-refractivity contribution in [3.63, 3.8) is 0 Å². The Hall–Kier alpha value is -0.790. The summed E-state index contributed by atoms with van der Waals surface area (Å²) in [6.07, 6.45) is 6.26. The summed E-state index contributed by atoms with van der Waals surface area (Å²) in [6, 6.07) is 0. The zero-order valence-corrected chi connectivity index (χ0v) is 7.38. The van der Waals surface area contributed by atoms with Crippen LogP contribution in [0.3, 0.4) is 0 Å². The zero-order valence-electron chi connectivity index (χ0n) is 7.38. The number of aliphatic imine (C=N–C) groups is 1. The number of nitrogens with zero attached hydrogens (tertiary/aromatic N) is 2. The summed E-state index contributed by atoms with van der Waals surface area (Å²) in [4.78, 5) is 6.59. The Morgan fingerprint density at radius 2 is 2.36 bits per heavy atom. The minimum absolute atomic E-state index is 1.03. The summed E-state index contributed by atoms with van der Waals surface area (Å²) in [6.45, 7) is 6.53. The molecule has 1 aliphatic heterocycles. The van der Waals surface area contributed by atoms with Crippen molar-refractivity contribution in [2.75, 3.05) is 13.1 Å². The van der Waals surface area contributed by atoms with Crippen LogP contribution in [-0.2, 0) is 0 Å². The van der Waals surface area contributed by atoms with Gasteiger partial charge in [0.25, 0.3) is 0 Å². The predicted molar refractivity (Wildman–Crippen MR) is 48.7 cm³/mol. The van der Waals surface area contributed by atoms with Crippen molar-refractivity contribution in [3.05, 3.63) is 12.4 Å². The fourth-order valence-electron chi connectivity index (χ4n) is 1.20. The van der Waals surface area contributed by atoms with Crippen LogP contribution in [-0.4, -0.2) is 23.7 Å². The largest absolute Gasteiger partial charge is 0.371 e. The third-order valence-corrected chi connectivity index (χ3v) is 1.84. The van der Waals surface area contributed by atoms with E-state index < -0.39 is 0 Å². The van der Waals surface area contributed by atoms with Crippen LogP contribution in [0.15, 0.2) is 17.4 Å². The van der Waals surface area contributed by atoms with Crippen molar-refractivity contribution in [2.45, 2.75) is 26.7 Å². The van der Waals surface area contributed by atoms with Gasteiger partial charge in [0, 0.05) is 24.7 Å². The first-order chi connectivity index (χ1) is 5.36. The Morgan fingerprint density at radius 3 is 3.00 bits per heavy atom. The minimum Gasteiger partial charge on any atom is -0.371 e. The Balaban J connectivity index is 2.41. The molecular formula is C9H16N2. The molecule has 1 aliphatic rings. The average molecular weight is 152 g/mol. The van der Waals surface area contributed by atoms with E-state index in [0.29, 0.717) is 0 Å².